The van der Waals surface area contributed by atoms with Crippen LogP contribution in [0.1, 0.15) is 47.2 Å². The van der Waals surface area contributed by atoms with Crippen molar-refractivity contribution in [2.45, 2.75) is 25.7 Å². The second kappa shape index (κ2) is 9.82. The molecule has 0 saturated carbocycles. The van der Waals surface area contributed by atoms with Crippen LogP contribution in [-0.2, 0) is 0 Å². The minimum Gasteiger partial charge on any atom is -0.305 e. The first-order valence-corrected chi connectivity index (χ1v) is 10.3. The van der Waals surface area contributed by atoms with Crippen molar-refractivity contribution in [1.82, 2.24) is 9.55 Å². The quantitative estimate of drug-likeness (QED) is 0.306. The molecule has 2 aromatic carbocycles. The van der Waals surface area contributed by atoms with Crippen molar-refractivity contribution in [3.8, 4) is 17.5 Å². The number of halogens is 1. The van der Waals surface area contributed by atoms with Crippen LogP contribution in [0.25, 0.3) is 5.69 Å². The Hall–Kier alpha value is -3.78. The number of ketones is 1. The number of allylic oxidation sites excluding steroid dienone is 1. The number of benzene rings is 2. The minimum atomic E-state index is -0.297. The van der Waals surface area contributed by atoms with Crippen LogP contribution < -0.4 is 0 Å². The van der Waals surface area contributed by atoms with Gasteiger partial charge in [-0.25, -0.2) is 9.37 Å². The SMILES string of the molecule is O=C(CCCCC1=CCN=C1)c1ccc(-n2ccnc2)c(C#Cc2ccc(F)cc2)c1. The van der Waals surface area contributed by atoms with E-state index in [-0.39, 0.29) is 11.6 Å². The number of aliphatic imine (C=N–C) groups is 1. The Balaban J connectivity index is 1.51. The molecule has 3 aromatic rings. The van der Waals surface area contributed by atoms with Gasteiger partial charge in [-0.15, -0.1) is 0 Å². The fraction of sp³-hybridized carbons (Fsp3) is 0.192. The highest BCUT2D eigenvalue weighted by molar-refractivity contribution is 5.96. The van der Waals surface area contributed by atoms with Crippen molar-refractivity contribution in [1.29, 1.82) is 0 Å². The zero-order valence-corrected chi connectivity index (χ0v) is 17.1. The number of aromatic nitrogens is 2. The molecule has 0 N–H and O–H groups in total. The van der Waals surface area contributed by atoms with Gasteiger partial charge in [0.15, 0.2) is 5.78 Å². The predicted molar refractivity (Wildman–Crippen MR) is 120 cm³/mol. The van der Waals surface area contributed by atoms with Crippen molar-refractivity contribution in [3.63, 3.8) is 0 Å². The molecule has 154 valence electrons. The third-order valence-corrected chi connectivity index (χ3v) is 5.12. The van der Waals surface area contributed by atoms with E-state index in [0.29, 0.717) is 17.5 Å². The van der Waals surface area contributed by atoms with E-state index >= 15 is 0 Å². The third kappa shape index (κ3) is 5.43. The molecule has 0 aliphatic carbocycles. The van der Waals surface area contributed by atoms with Gasteiger partial charge in [-0.3, -0.25) is 9.79 Å². The molecular formula is C26H22FN3O. The van der Waals surface area contributed by atoms with Gasteiger partial charge in [0, 0.05) is 41.7 Å². The molecule has 2 heterocycles. The molecule has 0 fully saturated rings. The van der Waals surface area contributed by atoms with Crippen LogP contribution in [0, 0.1) is 17.7 Å². The topological polar surface area (TPSA) is 47.2 Å². The van der Waals surface area contributed by atoms with Crippen molar-refractivity contribution < 1.29 is 9.18 Å². The first kappa shape index (κ1) is 20.5. The summed E-state index contributed by atoms with van der Waals surface area (Å²) in [5, 5.41) is 0. The first-order valence-electron chi connectivity index (χ1n) is 10.3. The van der Waals surface area contributed by atoms with Gasteiger partial charge in [-0.1, -0.05) is 17.9 Å². The molecule has 1 aliphatic rings. The number of rotatable bonds is 7. The number of hydrogen-bond acceptors (Lipinski definition) is 3. The number of carbonyl (C=O) groups is 1. The number of unbranched alkanes of at least 4 members (excludes halogenated alkanes) is 1. The Kier molecular flexibility index (Phi) is 6.49. The molecule has 5 heteroatoms. The summed E-state index contributed by atoms with van der Waals surface area (Å²) in [6.45, 7) is 0.777. The number of carbonyl (C=O) groups excluding carboxylic acids is 1. The van der Waals surface area contributed by atoms with Crippen LogP contribution in [0.4, 0.5) is 4.39 Å². The van der Waals surface area contributed by atoms with Gasteiger partial charge in [-0.2, -0.15) is 0 Å². The van der Waals surface area contributed by atoms with Crippen LogP contribution >= 0.6 is 0 Å². The van der Waals surface area contributed by atoms with Crippen molar-refractivity contribution in [2.24, 2.45) is 4.99 Å². The highest BCUT2D eigenvalue weighted by Gasteiger charge is 2.10. The monoisotopic (exact) mass is 411 g/mol. The van der Waals surface area contributed by atoms with Crippen LogP contribution in [0.5, 0.6) is 0 Å². The molecule has 0 atom stereocenters. The summed E-state index contributed by atoms with van der Waals surface area (Å²) in [6, 6.07) is 11.6. The molecule has 4 rings (SSSR count). The summed E-state index contributed by atoms with van der Waals surface area (Å²) in [5.41, 5.74) is 4.18. The lowest BCUT2D eigenvalue weighted by Gasteiger charge is -2.08. The largest absolute Gasteiger partial charge is 0.305 e. The average Bonchev–Trinajstić information content (AvgIpc) is 3.50. The molecule has 0 saturated heterocycles. The summed E-state index contributed by atoms with van der Waals surface area (Å²) < 4.78 is 15.0. The van der Waals surface area contributed by atoms with Crippen molar-refractivity contribution in [3.05, 3.63) is 95.3 Å². The maximum Gasteiger partial charge on any atom is 0.162 e. The van der Waals surface area contributed by atoms with E-state index < -0.39 is 0 Å². The molecule has 1 aromatic heterocycles. The molecule has 0 spiro atoms. The van der Waals surface area contributed by atoms with Crippen molar-refractivity contribution in [2.75, 3.05) is 6.54 Å². The van der Waals surface area contributed by atoms with Gasteiger partial charge < -0.3 is 4.57 Å². The van der Waals surface area contributed by atoms with Crippen LogP contribution in [0.2, 0.25) is 0 Å². The van der Waals surface area contributed by atoms with Gasteiger partial charge >= 0.3 is 0 Å². The van der Waals surface area contributed by atoms with Crippen LogP contribution in [-0.4, -0.2) is 28.1 Å². The Morgan fingerprint density at radius 3 is 2.71 bits per heavy atom. The van der Waals surface area contributed by atoms with Crippen molar-refractivity contribution >= 4 is 12.0 Å². The minimum absolute atomic E-state index is 0.107. The predicted octanol–water partition coefficient (Wildman–Crippen LogP) is 5.17. The lowest BCUT2D eigenvalue weighted by atomic mass is 10.00. The Morgan fingerprint density at radius 2 is 1.97 bits per heavy atom. The summed E-state index contributed by atoms with van der Waals surface area (Å²) in [5.74, 6) is 6.01. The van der Waals surface area contributed by atoms with E-state index in [0.717, 1.165) is 37.1 Å². The van der Waals surface area contributed by atoms with E-state index in [1.807, 2.05) is 35.2 Å². The fourth-order valence-electron chi connectivity index (χ4n) is 3.43. The van der Waals surface area contributed by atoms with Crippen LogP contribution in [0.3, 0.4) is 0 Å². The molecule has 4 nitrogen and oxygen atoms in total. The summed E-state index contributed by atoms with van der Waals surface area (Å²) in [6.07, 6.45) is 12.5. The average molecular weight is 411 g/mol. The first-order chi connectivity index (χ1) is 15.2. The van der Waals surface area contributed by atoms with E-state index in [1.165, 1.54) is 17.7 Å². The van der Waals surface area contributed by atoms with Gasteiger partial charge in [0.05, 0.1) is 18.6 Å². The number of Topliss-reactive ketones (excluding diaryl/α,β-unsaturated/α-hetero) is 1. The smallest absolute Gasteiger partial charge is 0.162 e. The van der Waals surface area contributed by atoms with Crippen LogP contribution in [0.15, 0.2) is 77.8 Å². The van der Waals surface area contributed by atoms with E-state index in [1.54, 1.807) is 24.7 Å². The maximum atomic E-state index is 13.2. The fourth-order valence-corrected chi connectivity index (χ4v) is 3.43. The molecule has 0 bridgehead atoms. The summed E-state index contributed by atoms with van der Waals surface area (Å²) in [7, 11) is 0. The molecular weight excluding hydrogens is 389 g/mol. The lowest BCUT2D eigenvalue weighted by molar-refractivity contribution is 0.0979. The normalized spacial score (nSPS) is 12.4. The Bertz CT molecular complexity index is 1180. The van der Waals surface area contributed by atoms with Gasteiger partial charge in [0.2, 0.25) is 0 Å². The highest BCUT2D eigenvalue weighted by Crippen LogP contribution is 2.19. The molecule has 0 amide bonds. The Labute approximate surface area is 181 Å². The molecule has 0 unspecified atom stereocenters. The standard InChI is InChI=1S/C26H22FN3O/c27-24-10-6-20(7-11-24)5-8-22-17-23(9-12-25(22)30-16-15-29-19-30)26(31)4-2-1-3-21-13-14-28-18-21/h6-7,9-13,15-19H,1-4,14H2. The second-order valence-electron chi connectivity index (χ2n) is 7.36. The van der Waals surface area contributed by atoms with E-state index in [9.17, 15) is 9.18 Å². The summed E-state index contributed by atoms with van der Waals surface area (Å²) in [4.78, 5) is 21.0. The van der Waals surface area contributed by atoms with E-state index in [4.69, 9.17) is 0 Å². The maximum absolute atomic E-state index is 13.2. The molecule has 31 heavy (non-hydrogen) atoms. The highest BCUT2D eigenvalue weighted by atomic mass is 19.1. The Morgan fingerprint density at radius 1 is 1.10 bits per heavy atom. The zero-order chi connectivity index (χ0) is 21.5. The van der Waals surface area contributed by atoms with Gasteiger partial charge in [-0.05, 0) is 67.3 Å². The lowest BCUT2D eigenvalue weighted by Crippen LogP contribution is -2.02. The zero-order valence-electron chi connectivity index (χ0n) is 17.1. The molecule has 0 radical (unpaired) electrons. The number of imidazole rings is 1. The van der Waals surface area contributed by atoms with Gasteiger partial charge in [0.1, 0.15) is 5.82 Å². The molecule has 1 aliphatic heterocycles. The second-order valence-corrected chi connectivity index (χ2v) is 7.36. The van der Waals surface area contributed by atoms with Gasteiger partial charge in [0.25, 0.3) is 0 Å². The third-order valence-electron chi connectivity index (χ3n) is 5.12. The van der Waals surface area contributed by atoms with E-state index in [2.05, 4.69) is 27.9 Å². The number of nitrogens with zero attached hydrogens (tertiary/aromatic N) is 3. The number of hydrogen-bond donors (Lipinski definition) is 0. The summed E-state index contributed by atoms with van der Waals surface area (Å²) >= 11 is 0.